The number of aromatic nitrogens is 6. The van der Waals surface area contributed by atoms with Crippen LogP contribution in [-0.2, 0) is 51.2 Å². The number of carboxylic acid groups (broad SMARTS) is 1. The van der Waals surface area contributed by atoms with Gasteiger partial charge in [-0.25, -0.2) is 29.3 Å². The highest BCUT2D eigenvalue weighted by Gasteiger charge is 2.38. The van der Waals surface area contributed by atoms with Crippen molar-refractivity contribution in [2.75, 3.05) is 14.2 Å². The Bertz CT molecular complexity index is 4350. The van der Waals surface area contributed by atoms with Crippen molar-refractivity contribution in [3.8, 4) is 33.4 Å². The Morgan fingerprint density at radius 3 is 1.08 bits per heavy atom. The molecule has 3 atom stereocenters. The average molecular weight is 1440 g/mol. The van der Waals surface area contributed by atoms with Gasteiger partial charge < -0.3 is 42.9 Å². The fourth-order valence-corrected chi connectivity index (χ4v) is 12.8. The highest BCUT2D eigenvalue weighted by Crippen LogP contribution is 2.47. The zero-order chi connectivity index (χ0) is 69.0. The van der Waals surface area contributed by atoms with Gasteiger partial charge in [-0.05, 0) is 232 Å². The molecule has 15 nitrogen and oxygen atoms in total. The maximum absolute atomic E-state index is 13.0. The number of nitrogens with one attached hydrogen (secondary N) is 1. The Morgan fingerprint density at radius 1 is 0.485 bits per heavy atom. The number of hydrogen-bond donors (Lipinski definition) is 2. The molecule has 524 valence electrons. The molecule has 2 aliphatic carbocycles. The lowest BCUT2D eigenvalue weighted by Crippen LogP contribution is -2.29. The molecule has 0 aliphatic heterocycles. The number of methoxy groups -OCH3 is 2. The Kier molecular flexibility index (Phi) is 26.1. The molecule has 0 spiro atoms. The molecule has 2 aliphatic rings. The van der Waals surface area contributed by atoms with Crippen LogP contribution >= 0.6 is 75.3 Å². The molecule has 0 unspecified atom stereocenters. The zero-order valence-corrected chi connectivity index (χ0v) is 64.9. The van der Waals surface area contributed by atoms with Crippen molar-refractivity contribution >= 4 is 126 Å². The number of H-pyrrole nitrogens is 1. The highest BCUT2D eigenvalue weighted by atomic mass is 35.5. The van der Waals surface area contributed by atoms with E-state index in [1.807, 2.05) is 170 Å². The third kappa shape index (κ3) is 17.9. The summed E-state index contributed by atoms with van der Waals surface area (Å²) in [5.74, 6) is -0.501. The topological polar surface area (TPSA) is 182 Å². The summed E-state index contributed by atoms with van der Waals surface area (Å²) in [4.78, 5) is 56.4. The van der Waals surface area contributed by atoms with Crippen LogP contribution in [0, 0.1) is 74.1 Å². The lowest BCUT2D eigenvalue weighted by atomic mass is 9.91. The minimum absolute atomic E-state index is 0. The summed E-state index contributed by atoms with van der Waals surface area (Å²) in [5, 5.41) is 15.1. The third-order valence-corrected chi connectivity index (χ3v) is 18.3. The number of esters is 2. The quantitative estimate of drug-likeness (QED) is 0.0875. The molecule has 9 aromatic rings. The van der Waals surface area contributed by atoms with Crippen molar-refractivity contribution < 1.29 is 43.2 Å². The van der Waals surface area contributed by atoms with Crippen molar-refractivity contribution in [1.29, 1.82) is 0 Å². The Hall–Kier alpha value is -6.06. The van der Waals surface area contributed by atoms with E-state index in [1.54, 1.807) is 0 Å². The molecule has 0 bridgehead atoms. The summed E-state index contributed by atoms with van der Waals surface area (Å²) < 4.78 is 33.5. The number of fused-ring (bicyclic) bond motifs is 3. The molecule has 2 saturated carbocycles. The smallest absolute Gasteiger partial charge is 0.339 e. The van der Waals surface area contributed by atoms with Crippen molar-refractivity contribution in [2.45, 2.75) is 199 Å². The van der Waals surface area contributed by atoms with E-state index in [9.17, 15) is 19.5 Å². The van der Waals surface area contributed by atoms with Crippen molar-refractivity contribution in [1.82, 2.24) is 29.1 Å². The molecule has 97 heavy (non-hydrogen) atoms. The van der Waals surface area contributed by atoms with Crippen LogP contribution in [0.5, 0.6) is 0 Å². The summed E-state index contributed by atoms with van der Waals surface area (Å²) >= 11 is 18.5. The van der Waals surface area contributed by atoms with Gasteiger partial charge in [-0.3, -0.25) is 0 Å². The van der Waals surface area contributed by atoms with Crippen LogP contribution in [-0.4, -0.2) is 83.1 Å². The maximum Gasteiger partial charge on any atom is 0.339 e. The number of aryl methyl sites for hydroxylation is 7. The Morgan fingerprint density at radius 2 is 0.784 bits per heavy atom. The fraction of sp³-hybridized carbons (Fsp3) is 0.447. The van der Waals surface area contributed by atoms with Crippen molar-refractivity contribution in [2.24, 2.45) is 11.8 Å². The monoisotopic (exact) mass is 1440 g/mol. The van der Waals surface area contributed by atoms with Crippen molar-refractivity contribution in [3.05, 3.63) is 155 Å². The number of aliphatic carboxylic acids is 1. The minimum Gasteiger partial charge on any atom is -0.479 e. The number of ether oxygens (including phenoxy) is 5. The molecule has 0 radical (unpaired) electrons. The van der Waals surface area contributed by atoms with Crippen molar-refractivity contribution in [3.63, 3.8) is 0 Å². The molecule has 0 saturated heterocycles. The standard InChI is InChI=1S/C27H33ClN2O3.C26H31ClN2O3.C23H27ClN2O3.3H2S/c1-15-17(3)30(14-18-8-9-18)25-21(15)23(19-10-12-20(28)13-11-19)22(16(2)29-25)24(26(31)32-7)33-27(4,5)6;1-14-16(3)29(13-17-7-8-17)24-20(14)22(18-9-11-19(27)12-10-18)21(15(2)28-24)23(25(30)31)32-26(4,5)6;1-12-13(2)25-21-17(12)19(15-8-10-16(24)11-9-15)18(14(3)26-21)20(22(27)28-7)29-23(4,5)6;;;/h10-13,18,24H,8-9,14H2,1-7H3;9-12,17,23H,7-8,13H2,1-6H3,(H,30,31);8-11,20H,1-7H3,(H,25,26);3*1H2/t24-;23-;20-;;;/m000.../s1. The Balaban J connectivity index is 0.000000227. The van der Waals surface area contributed by atoms with E-state index >= 15 is 0 Å². The van der Waals surface area contributed by atoms with Gasteiger partial charge in [0.2, 0.25) is 0 Å². The first kappa shape index (κ1) is 79.9. The van der Waals surface area contributed by atoms with E-state index in [-0.39, 0.29) is 40.5 Å². The molecule has 2 N–H and O–H groups in total. The molecule has 6 heterocycles. The van der Waals surface area contributed by atoms with Crippen LogP contribution in [0.1, 0.15) is 174 Å². The summed E-state index contributed by atoms with van der Waals surface area (Å²) in [7, 11) is 2.77. The molecule has 0 amide bonds. The molecule has 21 heteroatoms. The molecular weight excluding hydrogens is 1340 g/mol. The predicted octanol–water partition coefficient (Wildman–Crippen LogP) is 19.5. The Labute approximate surface area is 607 Å². The molecular formula is C76H97Cl3N6O9S3. The number of hydrogen-bond acceptors (Lipinski definition) is 11. The molecule has 2 fully saturated rings. The summed E-state index contributed by atoms with van der Waals surface area (Å²) in [6.45, 7) is 37.4. The second kappa shape index (κ2) is 31.6. The van der Waals surface area contributed by atoms with Crippen LogP contribution in [0.4, 0.5) is 0 Å². The van der Waals surface area contributed by atoms with Gasteiger partial charge >= 0.3 is 17.9 Å². The van der Waals surface area contributed by atoms with Gasteiger partial charge in [0.25, 0.3) is 0 Å². The normalized spacial score (nSPS) is 14.1. The van der Waals surface area contributed by atoms with E-state index < -0.39 is 53.0 Å². The number of carboxylic acids is 1. The third-order valence-electron chi connectivity index (χ3n) is 17.6. The highest BCUT2D eigenvalue weighted by molar-refractivity contribution is 7.59. The maximum atomic E-state index is 13.0. The summed E-state index contributed by atoms with van der Waals surface area (Å²) in [6, 6.07) is 22.9. The van der Waals surface area contributed by atoms with E-state index in [0.717, 1.165) is 108 Å². The number of nitrogens with zero attached hydrogens (tertiary/aromatic N) is 5. The van der Waals surface area contributed by atoms with E-state index in [1.165, 1.54) is 56.9 Å². The van der Waals surface area contributed by atoms with Crippen LogP contribution < -0.4 is 0 Å². The number of carbonyl (C=O) groups is 3. The number of benzene rings is 3. The fourth-order valence-electron chi connectivity index (χ4n) is 12.5. The molecule has 6 aromatic heterocycles. The van der Waals surface area contributed by atoms with E-state index in [2.05, 4.69) is 41.8 Å². The van der Waals surface area contributed by atoms with Gasteiger partial charge in [-0.1, -0.05) is 71.2 Å². The number of rotatable bonds is 16. The second-order valence-electron chi connectivity index (χ2n) is 28.2. The van der Waals surface area contributed by atoms with Gasteiger partial charge in [0.1, 0.15) is 16.9 Å². The number of carbonyl (C=O) groups excluding carboxylic acids is 2. The van der Waals surface area contributed by atoms with Gasteiger partial charge in [-0.15, -0.1) is 0 Å². The van der Waals surface area contributed by atoms with Crippen LogP contribution in [0.3, 0.4) is 0 Å². The molecule has 11 rings (SSSR count). The average Bonchev–Trinajstić information content (AvgIpc) is 1.69. The van der Waals surface area contributed by atoms with Crippen LogP contribution in [0.15, 0.2) is 72.8 Å². The first-order valence-electron chi connectivity index (χ1n) is 32.2. The number of pyridine rings is 3. The van der Waals surface area contributed by atoms with E-state index in [4.69, 9.17) is 73.4 Å². The van der Waals surface area contributed by atoms with Crippen LogP contribution in [0.2, 0.25) is 15.1 Å². The van der Waals surface area contributed by atoms with Gasteiger partial charge in [0, 0.05) is 112 Å². The lowest BCUT2D eigenvalue weighted by Gasteiger charge is -2.29. The molecule has 3 aromatic carbocycles. The van der Waals surface area contributed by atoms with Gasteiger partial charge in [0.15, 0.2) is 18.3 Å². The summed E-state index contributed by atoms with van der Waals surface area (Å²) in [5.41, 5.74) is 17.5. The van der Waals surface area contributed by atoms with E-state index in [0.29, 0.717) is 49.4 Å². The summed E-state index contributed by atoms with van der Waals surface area (Å²) in [6.07, 6.45) is 2.09. The van der Waals surface area contributed by atoms with Gasteiger partial charge in [-0.2, -0.15) is 40.5 Å². The number of aromatic amines is 1. The van der Waals surface area contributed by atoms with Gasteiger partial charge in [0.05, 0.1) is 31.0 Å². The predicted molar refractivity (Wildman–Crippen MR) is 409 cm³/mol. The second-order valence-corrected chi connectivity index (χ2v) is 29.5. The minimum atomic E-state index is -1.14. The first-order valence-corrected chi connectivity index (χ1v) is 33.3. The number of halogens is 3. The zero-order valence-electron chi connectivity index (χ0n) is 59.6. The first-order chi connectivity index (χ1) is 44.0. The van der Waals surface area contributed by atoms with Crippen LogP contribution in [0.25, 0.3) is 66.5 Å². The SMILES string of the molecule is COC(=O)[C@@H](OC(C)(C)C)c1c(C)nc2[nH]c(C)c(C)c2c1-c1ccc(Cl)cc1.COC(=O)[C@@H](OC(C)(C)C)c1c(C)nc2c(c(C)c(C)n2CC2CC2)c1-c1ccc(Cl)cc1.Cc1nc2c(c(C)c(C)n2CC2CC2)c(-c2ccc(Cl)cc2)c1[C@H](OC(C)(C)C)C(=O)O.S.S.S. The largest absolute Gasteiger partial charge is 0.479 e. The lowest BCUT2D eigenvalue weighted by molar-refractivity contribution is -0.164.